The molecular weight excluding hydrogens is 326 g/mol. The Labute approximate surface area is 144 Å². The first-order valence-electron chi connectivity index (χ1n) is 7.91. The van der Waals surface area contributed by atoms with Crippen LogP contribution in [0.25, 0.3) is 11.0 Å². The van der Waals surface area contributed by atoms with Gasteiger partial charge in [-0.05, 0) is 19.2 Å². The van der Waals surface area contributed by atoms with Crippen molar-refractivity contribution in [2.45, 2.75) is 6.54 Å². The fraction of sp³-hybridized carbons (Fsp3) is 0.375. The summed E-state index contributed by atoms with van der Waals surface area (Å²) in [7, 11) is 2.14. The van der Waals surface area contributed by atoms with Gasteiger partial charge in [-0.15, -0.1) is 0 Å². The zero-order valence-electron chi connectivity index (χ0n) is 13.4. The van der Waals surface area contributed by atoms with Crippen molar-refractivity contribution in [1.82, 2.24) is 29.6 Å². The highest BCUT2D eigenvalue weighted by atomic mass is 35.5. The average Bonchev–Trinajstić information content (AvgIpc) is 2.99. The lowest BCUT2D eigenvalue weighted by molar-refractivity contribution is 0.312. The lowest BCUT2D eigenvalue weighted by atomic mass is 10.3. The smallest absolute Gasteiger partial charge is 0.163 e. The third-order valence-corrected chi connectivity index (χ3v) is 4.54. The van der Waals surface area contributed by atoms with Crippen molar-refractivity contribution in [3.8, 4) is 0 Å². The van der Waals surface area contributed by atoms with Gasteiger partial charge in [-0.2, -0.15) is 5.10 Å². The summed E-state index contributed by atoms with van der Waals surface area (Å²) in [6.45, 7) is 4.52. The van der Waals surface area contributed by atoms with Crippen LogP contribution >= 0.6 is 11.6 Å². The Hall–Kier alpha value is -2.25. The van der Waals surface area contributed by atoms with E-state index in [1.165, 1.54) is 0 Å². The van der Waals surface area contributed by atoms with Crippen LogP contribution < -0.4 is 4.90 Å². The Morgan fingerprint density at radius 1 is 1.12 bits per heavy atom. The zero-order valence-corrected chi connectivity index (χ0v) is 14.2. The second-order valence-corrected chi connectivity index (χ2v) is 6.43. The van der Waals surface area contributed by atoms with Gasteiger partial charge in [0.15, 0.2) is 5.65 Å². The van der Waals surface area contributed by atoms with Gasteiger partial charge in [-0.3, -0.25) is 4.98 Å². The second-order valence-electron chi connectivity index (χ2n) is 5.99. The lowest BCUT2D eigenvalue weighted by Gasteiger charge is -2.33. The molecule has 8 heteroatoms. The molecule has 0 aromatic carbocycles. The van der Waals surface area contributed by atoms with Crippen LogP contribution in [0.5, 0.6) is 0 Å². The summed E-state index contributed by atoms with van der Waals surface area (Å²) in [5.74, 6) is 0.957. The van der Waals surface area contributed by atoms with Crippen molar-refractivity contribution in [1.29, 1.82) is 0 Å². The predicted molar refractivity (Wildman–Crippen MR) is 93.4 cm³/mol. The molecule has 0 unspecified atom stereocenters. The number of anilines is 1. The van der Waals surface area contributed by atoms with Crippen molar-refractivity contribution < 1.29 is 0 Å². The number of likely N-dealkylation sites (N-methyl/N-ethyl adjacent to an activating group) is 1. The van der Waals surface area contributed by atoms with Gasteiger partial charge < -0.3 is 9.80 Å². The number of hydrogen-bond donors (Lipinski definition) is 0. The third kappa shape index (κ3) is 2.92. The van der Waals surface area contributed by atoms with Crippen LogP contribution in [0.4, 0.5) is 5.82 Å². The zero-order chi connectivity index (χ0) is 16.5. The Morgan fingerprint density at radius 3 is 2.75 bits per heavy atom. The van der Waals surface area contributed by atoms with Crippen LogP contribution in [0.3, 0.4) is 0 Å². The number of aromatic nitrogens is 5. The van der Waals surface area contributed by atoms with Crippen LogP contribution in [-0.4, -0.2) is 62.9 Å². The largest absolute Gasteiger partial charge is 0.353 e. The normalized spacial score (nSPS) is 16.0. The number of rotatable bonds is 3. The Balaban J connectivity index is 1.66. The highest BCUT2D eigenvalue weighted by Crippen LogP contribution is 2.24. The summed E-state index contributed by atoms with van der Waals surface area (Å²) in [4.78, 5) is 17.9. The molecule has 1 aliphatic rings. The van der Waals surface area contributed by atoms with Crippen LogP contribution in [0.1, 0.15) is 5.69 Å². The fourth-order valence-electron chi connectivity index (χ4n) is 2.96. The van der Waals surface area contributed by atoms with Gasteiger partial charge in [0.25, 0.3) is 0 Å². The first-order chi connectivity index (χ1) is 11.7. The molecule has 0 saturated carbocycles. The molecule has 0 radical (unpaired) electrons. The maximum Gasteiger partial charge on any atom is 0.163 e. The SMILES string of the molecule is CN1CCN(c2ncnc3c2cnn3Cc2cc(Cl)ccn2)CC1. The molecule has 1 aliphatic heterocycles. The minimum atomic E-state index is 0.531. The molecule has 24 heavy (non-hydrogen) atoms. The lowest BCUT2D eigenvalue weighted by Crippen LogP contribution is -2.44. The van der Waals surface area contributed by atoms with Crippen LogP contribution in [-0.2, 0) is 6.54 Å². The van der Waals surface area contributed by atoms with E-state index in [9.17, 15) is 0 Å². The Bertz CT molecular complexity index is 855. The summed E-state index contributed by atoms with van der Waals surface area (Å²) in [6.07, 6.45) is 5.15. The van der Waals surface area contributed by atoms with Gasteiger partial charge in [0, 0.05) is 37.4 Å². The number of fused-ring (bicyclic) bond motifs is 1. The first kappa shape index (κ1) is 15.3. The summed E-state index contributed by atoms with van der Waals surface area (Å²) >= 11 is 6.04. The number of piperazine rings is 1. The van der Waals surface area contributed by atoms with Crippen LogP contribution in [0.15, 0.2) is 30.9 Å². The molecule has 0 aliphatic carbocycles. The molecule has 0 amide bonds. The minimum Gasteiger partial charge on any atom is -0.353 e. The van der Waals surface area contributed by atoms with E-state index in [0.29, 0.717) is 11.6 Å². The Kier molecular flexibility index (Phi) is 4.03. The van der Waals surface area contributed by atoms with E-state index in [1.54, 1.807) is 18.6 Å². The van der Waals surface area contributed by atoms with Crippen molar-refractivity contribution >= 4 is 28.5 Å². The summed E-state index contributed by atoms with van der Waals surface area (Å²) in [5.41, 5.74) is 1.67. The molecule has 3 aromatic rings. The van der Waals surface area contributed by atoms with Gasteiger partial charge in [0.1, 0.15) is 12.1 Å². The molecule has 4 rings (SSSR count). The summed E-state index contributed by atoms with van der Waals surface area (Å²) < 4.78 is 1.84. The van der Waals surface area contributed by atoms with E-state index < -0.39 is 0 Å². The van der Waals surface area contributed by atoms with Crippen LogP contribution in [0, 0.1) is 0 Å². The maximum absolute atomic E-state index is 6.04. The van der Waals surface area contributed by atoms with Gasteiger partial charge in [-0.1, -0.05) is 11.6 Å². The monoisotopic (exact) mass is 343 g/mol. The van der Waals surface area contributed by atoms with E-state index in [4.69, 9.17) is 11.6 Å². The standard InChI is InChI=1S/C16H18ClN7/c1-22-4-6-23(7-5-22)15-14-9-21-24(16(14)20-11-19-15)10-13-8-12(17)2-3-18-13/h2-3,8-9,11H,4-7,10H2,1H3. The molecule has 0 N–H and O–H groups in total. The number of nitrogens with zero attached hydrogens (tertiary/aromatic N) is 7. The molecular formula is C16H18ClN7. The molecule has 0 spiro atoms. The first-order valence-corrected chi connectivity index (χ1v) is 8.29. The van der Waals surface area contributed by atoms with E-state index in [-0.39, 0.29) is 0 Å². The molecule has 1 saturated heterocycles. The highest BCUT2D eigenvalue weighted by molar-refractivity contribution is 6.30. The number of hydrogen-bond acceptors (Lipinski definition) is 6. The van der Waals surface area contributed by atoms with E-state index in [2.05, 4.69) is 36.9 Å². The Morgan fingerprint density at radius 2 is 1.96 bits per heavy atom. The molecule has 7 nitrogen and oxygen atoms in total. The van der Waals surface area contributed by atoms with E-state index >= 15 is 0 Å². The number of halogens is 1. The maximum atomic E-state index is 6.04. The van der Waals surface area contributed by atoms with Gasteiger partial charge in [-0.25, -0.2) is 14.6 Å². The van der Waals surface area contributed by atoms with Crippen molar-refractivity contribution in [2.75, 3.05) is 38.1 Å². The van der Waals surface area contributed by atoms with Gasteiger partial charge >= 0.3 is 0 Å². The average molecular weight is 344 g/mol. The molecule has 0 atom stereocenters. The molecule has 3 aromatic heterocycles. The fourth-order valence-corrected chi connectivity index (χ4v) is 3.14. The third-order valence-electron chi connectivity index (χ3n) is 4.31. The molecule has 124 valence electrons. The summed E-state index contributed by atoms with van der Waals surface area (Å²) in [5, 5.41) is 6.13. The van der Waals surface area contributed by atoms with Crippen LogP contribution in [0.2, 0.25) is 5.02 Å². The predicted octanol–water partition coefficient (Wildman–Crippen LogP) is 1.67. The molecule has 1 fully saturated rings. The van der Waals surface area contributed by atoms with Crippen molar-refractivity contribution in [3.05, 3.63) is 41.6 Å². The summed E-state index contributed by atoms with van der Waals surface area (Å²) in [6, 6.07) is 3.61. The minimum absolute atomic E-state index is 0.531. The number of pyridine rings is 1. The van der Waals surface area contributed by atoms with E-state index in [1.807, 2.05) is 16.9 Å². The van der Waals surface area contributed by atoms with E-state index in [0.717, 1.165) is 48.7 Å². The van der Waals surface area contributed by atoms with Gasteiger partial charge in [0.05, 0.1) is 23.8 Å². The topological polar surface area (TPSA) is 63.0 Å². The van der Waals surface area contributed by atoms with Gasteiger partial charge in [0.2, 0.25) is 0 Å². The molecule has 4 heterocycles. The van der Waals surface area contributed by atoms with Crippen molar-refractivity contribution in [3.63, 3.8) is 0 Å². The molecule has 0 bridgehead atoms. The quantitative estimate of drug-likeness (QED) is 0.721. The van der Waals surface area contributed by atoms with Crippen molar-refractivity contribution in [2.24, 2.45) is 0 Å². The second kappa shape index (κ2) is 6.33. The highest BCUT2D eigenvalue weighted by Gasteiger charge is 2.19.